The van der Waals surface area contributed by atoms with Crippen LogP contribution in [0.2, 0.25) is 0 Å². The van der Waals surface area contributed by atoms with Crippen LogP contribution >= 0.6 is 11.3 Å². The molecular weight excluding hydrogens is 252 g/mol. The third kappa shape index (κ3) is 2.88. The van der Waals surface area contributed by atoms with Crippen LogP contribution in [0.1, 0.15) is 41.4 Å². The molecule has 100 valence electrons. The normalized spacial score (nSPS) is 19.6. The second-order valence-corrected chi connectivity index (χ2v) is 6.34. The highest BCUT2D eigenvalue weighted by atomic mass is 32.1. The Bertz CT molecular complexity index is 548. The van der Waals surface area contributed by atoms with E-state index in [0.29, 0.717) is 6.04 Å². The first kappa shape index (κ1) is 12.8. The van der Waals surface area contributed by atoms with E-state index in [1.54, 1.807) is 11.3 Å². The van der Waals surface area contributed by atoms with Gasteiger partial charge in [0.05, 0.1) is 11.7 Å². The molecule has 1 unspecified atom stereocenters. The molecule has 1 fully saturated rings. The molecule has 3 heteroatoms. The number of aryl methyl sites for hydroxylation is 2. The summed E-state index contributed by atoms with van der Waals surface area (Å²) in [4.78, 5) is 4.84. The lowest BCUT2D eigenvalue weighted by atomic mass is 10.0. The minimum Gasteiger partial charge on any atom is -0.308 e. The molecule has 0 radical (unpaired) electrons. The summed E-state index contributed by atoms with van der Waals surface area (Å²) in [6.45, 7) is 5.42. The first-order valence-corrected chi connectivity index (χ1v) is 7.88. The molecule has 2 aromatic rings. The Balaban J connectivity index is 1.87. The Kier molecular flexibility index (Phi) is 3.67. The molecule has 2 nitrogen and oxygen atoms in total. The van der Waals surface area contributed by atoms with Crippen molar-refractivity contribution in [3.8, 4) is 11.3 Å². The lowest BCUT2D eigenvalue weighted by Crippen LogP contribution is -2.26. The van der Waals surface area contributed by atoms with Gasteiger partial charge in [-0.05, 0) is 45.4 Å². The van der Waals surface area contributed by atoms with Crippen molar-refractivity contribution in [2.75, 3.05) is 6.54 Å². The molecule has 1 aliphatic heterocycles. The maximum absolute atomic E-state index is 4.84. The van der Waals surface area contributed by atoms with Crippen molar-refractivity contribution in [3.63, 3.8) is 0 Å². The second kappa shape index (κ2) is 5.43. The van der Waals surface area contributed by atoms with Crippen molar-refractivity contribution in [1.82, 2.24) is 10.3 Å². The van der Waals surface area contributed by atoms with Crippen LogP contribution in [-0.4, -0.2) is 11.5 Å². The van der Waals surface area contributed by atoms with Crippen LogP contribution in [0, 0.1) is 13.8 Å². The Morgan fingerprint density at radius 1 is 1.16 bits per heavy atom. The summed E-state index contributed by atoms with van der Waals surface area (Å²) in [6.07, 6.45) is 3.84. The smallest absolute Gasteiger partial charge is 0.110 e. The quantitative estimate of drug-likeness (QED) is 0.884. The molecule has 1 aromatic carbocycles. The largest absolute Gasteiger partial charge is 0.308 e. The van der Waals surface area contributed by atoms with Gasteiger partial charge in [0, 0.05) is 10.9 Å². The van der Waals surface area contributed by atoms with Gasteiger partial charge in [-0.15, -0.1) is 11.3 Å². The van der Waals surface area contributed by atoms with Gasteiger partial charge in [0.2, 0.25) is 0 Å². The first-order chi connectivity index (χ1) is 9.22. The van der Waals surface area contributed by atoms with E-state index in [9.17, 15) is 0 Å². The number of aromatic nitrogens is 1. The summed E-state index contributed by atoms with van der Waals surface area (Å²) in [5.74, 6) is 0. The monoisotopic (exact) mass is 272 g/mol. The number of nitrogens with one attached hydrogen (secondary N) is 1. The van der Waals surface area contributed by atoms with Gasteiger partial charge in [0.25, 0.3) is 0 Å². The summed E-state index contributed by atoms with van der Waals surface area (Å²) < 4.78 is 0. The fraction of sp³-hybridized carbons (Fsp3) is 0.438. The molecule has 0 spiro atoms. The Morgan fingerprint density at radius 2 is 1.95 bits per heavy atom. The molecule has 1 saturated heterocycles. The summed E-state index contributed by atoms with van der Waals surface area (Å²) in [7, 11) is 0. The van der Waals surface area contributed by atoms with Gasteiger partial charge in [-0.2, -0.15) is 0 Å². The molecule has 0 saturated carbocycles. The van der Waals surface area contributed by atoms with Crippen molar-refractivity contribution in [1.29, 1.82) is 0 Å². The number of hydrogen-bond donors (Lipinski definition) is 1. The highest BCUT2D eigenvalue weighted by Crippen LogP contribution is 2.30. The zero-order valence-electron chi connectivity index (χ0n) is 11.6. The average molecular weight is 272 g/mol. The van der Waals surface area contributed by atoms with E-state index in [1.165, 1.54) is 41.0 Å². The predicted octanol–water partition coefficient (Wildman–Crippen LogP) is 4.24. The SMILES string of the molecule is Cc1cc(C)cc(-c2csc(C3CCCCN3)n2)c1. The summed E-state index contributed by atoms with van der Waals surface area (Å²) >= 11 is 1.79. The highest BCUT2D eigenvalue weighted by Gasteiger charge is 2.18. The van der Waals surface area contributed by atoms with E-state index in [1.807, 2.05) is 0 Å². The predicted molar refractivity (Wildman–Crippen MR) is 81.6 cm³/mol. The fourth-order valence-electron chi connectivity index (χ4n) is 2.77. The van der Waals surface area contributed by atoms with Crippen LogP contribution in [0.4, 0.5) is 0 Å². The van der Waals surface area contributed by atoms with Gasteiger partial charge in [-0.3, -0.25) is 0 Å². The van der Waals surface area contributed by atoms with Crippen LogP contribution in [0.3, 0.4) is 0 Å². The van der Waals surface area contributed by atoms with Crippen molar-refractivity contribution in [2.24, 2.45) is 0 Å². The maximum Gasteiger partial charge on any atom is 0.110 e. The van der Waals surface area contributed by atoms with Gasteiger partial charge in [-0.1, -0.05) is 23.6 Å². The van der Waals surface area contributed by atoms with Crippen molar-refractivity contribution >= 4 is 11.3 Å². The Morgan fingerprint density at radius 3 is 2.63 bits per heavy atom. The molecule has 2 heterocycles. The third-order valence-corrected chi connectivity index (χ3v) is 4.61. The van der Waals surface area contributed by atoms with Gasteiger partial charge in [0.15, 0.2) is 0 Å². The van der Waals surface area contributed by atoms with Gasteiger partial charge < -0.3 is 5.32 Å². The average Bonchev–Trinajstić information content (AvgIpc) is 2.88. The fourth-order valence-corrected chi connectivity index (χ4v) is 3.70. The molecule has 0 aliphatic carbocycles. The maximum atomic E-state index is 4.84. The van der Waals surface area contributed by atoms with E-state index in [0.717, 1.165) is 12.2 Å². The number of piperidine rings is 1. The van der Waals surface area contributed by atoms with E-state index < -0.39 is 0 Å². The molecule has 1 N–H and O–H groups in total. The lowest BCUT2D eigenvalue weighted by Gasteiger charge is -2.21. The van der Waals surface area contributed by atoms with Crippen LogP contribution < -0.4 is 5.32 Å². The molecule has 1 aliphatic rings. The Hall–Kier alpha value is -1.19. The van der Waals surface area contributed by atoms with E-state index in [-0.39, 0.29) is 0 Å². The standard InChI is InChI=1S/C16H20N2S/c1-11-7-12(2)9-13(8-11)15-10-19-16(18-15)14-5-3-4-6-17-14/h7-10,14,17H,3-6H2,1-2H3. The number of benzene rings is 1. The number of nitrogens with zero attached hydrogens (tertiary/aromatic N) is 1. The van der Waals surface area contributed by atoms with Crippen molar-refractivity contribution in [2.45, 2.75) is 39.2 Å². The van der Waals surface area contributed by atoms with Crippen LogP contribution in [-0.2, 0) is 0 Å². The van der Waals surface area contributed by atoms with E-state index in [2.05, 4.69) is 42.7 Å². The highest BCUT2D eigenvalue weighted by molar-refractivity contribution is 7.10. The van der Waals surface area contributed by atoms with E-state index in [4.69, 9.17) is 4.98 Å². The topological polar surface area (TPSA) is 24.9 Å². The molecule has 1 aromatic heterocycles. The second-order valence-electron chi connectivity index (χ2n) is 5.45. The zero-order valence-corrected chi connectivity index (χ0v) is 12.4. The van der Waals surface area contributed by atoms with Gasteiger partial charge >= 0.3 is 0 Å². The van der Waals surface area contributed by atoms with Gasteiger partial charge in [-0.25, -0.2) is 4.98 Å². The Labute approximate surface area is 118 Å². The van der Waals surface area contributed by atoms with E-state index >= 15 is 0 Å². The number of hydrogen-bond acceptors (Lipinski definition) is 3. The minimum absolute atomic E-state index is 0.471. The minimum atomic E-state index is 0.471. The lowest BCUT2D eigenvalue weighted by molar-refractivity contribution is 0.411. The van der Waals surface area contributed by atoms with Crippen LogP contribution in [0.15, 0.2) is 23.6 Å². The molecule has 3 rings (SSSR count). The molecule has 0 amide bonds. The zero-order chi connectivity index (χ0) is 13.2. The summed E-state index contributed by atoms with van der Waals surface area (Å²) in [5.41, 5.74) is 4.98. The molecular formula is C16H20N2S. The number of rotatable bonds is 2. The number of thiazole rings is 1. The molecule has 19 heavy (non-hydrogen) atoms. The molecule has 0 bridgehead atoms. The van der Waals surface area contributed by atoms with Crippen molar-refractivity contribution in [3.05, 3.63) is 39.7 Å². The third-order valence-electron chi connectivity index (χ3n) is 3.65. The van der Waals surface area contributed by atoms with Crippen molar-refractivity contribution < 1.29 is 0 Å². The molecule has 1 atom stereocenters. The summed E-state index contributed by atoms with van der Waals surface area (Å²) in [6, 6.07) is 7.12. The van der Waals surface area contributed by atoms with Crippen LogP contribution in [0.25, 0.3) is 11.3 Å². The van der Waals surface area contributed by atoms with Gasteiger partial charge in [0.1, 0.15) is 5.01 Å². The van der Waals surface area contributed by atoms with Crippen LogP contribution in [0.5, 0.6) is 0 Å². The first-order valence-electron chi connectivity index (χ1n) is 7.00. The summed E-state index contributed by atoms with van der Waals surface area (Å²) in [5, 5.41) is 7.01.